The van der Waals surface area contributed by atoms with Crippen LogP contribution in [0.1, 0.15) is 50.5 Å². The lowest BCUT2D eigenvalue weighted by molar-refractivity contribution is -0.133. The molecule has 1 aromatic carbocycles. The zero-order valence-electron chi connectivity index (χ0n) is 15.3. The Morgan fingerprint density at radius 3 is 2.42 bits per heavy atom. The zero-order chi connectivity index (χ0) is 17.2. The van der Waals surface area contributed by atoms with E-state index in [1.807, 2.05) is 6.07 Å². The van der Waals surface area contributed by atoms with Gasteiger partial charge in [-0.05, 0) is 74.5 Å². The minimum Gasteiger partial charge on any atom is -0.343 e. The number of piperidine rings is 2. The fourth-order valence-corrected chi connectivity index (χ4v) is 5.10. The number of hydrogen-bond acceptors (Lipinski definition) is 2. The van der Waals surface area contributed by atoms with Crippen molar-refractivity contribution in [3.63, 3.8) is 0 Å². The molecule has 1 N–H and O–H groups in total. The van der Waals surface area contributed by atoms with E-state index in [1.165, 1.54) is 31.7 Å². The van der Waals surface area contributed by atoms with Crippen LogP contribution >= 0.6 is 12.4 Å². The third kappa shape index (κ3) is 4.77. The summed E-state index contributed by atoms with van der Waals surface area (Å²) < 4.78 is 13.3. The fraction of sp³-hybridized carbons (Fsp3) is 0.667. The molecule has 3 aliphatic heterocycles. The molecule has 4 rings (SSSR count). The summed E-state index contributed by atoms with van der Waals surface area (Å²) in [5.74, 6) is 1.36. The second-order valence-electron chi connectivity index (χ2n) is 8.34. The summed E-state index contributed by atoms with van der Waals surface area (Å²) in [6, 6.07) is 8.25. The smallest absolute Gasteiger partial charge is 0.222 e. The van der Waals surface area contributed by atoms with Crippen molar-refractivity contribution < 1.29 is 9.18 Å². The van der Waals surface area contributed by atoms with Crippen molar-refractivity contribution in [1.82, 2.24) is 10.2 Å². The van der Waals surface area contributed by atoms with E-state index in [4.69, 9.17) is 0 Å². The highest BCUT2D eigenvalue weighted by molar-refractivity contribution is 5.85. The van der Waals surface area contributed by atoms with Crippen LogP contribution in [-0.4, -0.2) is 36.0 Å². The van der Waals surface area contributed by atoms with Crippen molar-refractivity contribution >= 4 is 18.3 Å². The van der Waals surface area contributed by atoms with Gasteiger partial charge < -0.3 is 10.2 Å². The van der Waals surface area contributed by atoms with Gasteiger partial charge >= 0.3 is 0 Å². The highest BCUT2D eigenvalue weighted by Gasteiger charge is 2.35. The van der Waals surface area contributed by atoms with Crippen LogP contribution in [0.15, 0.2) is 24.3 Å². The first-order valence-electron chi connectivity index (χ1n) is 9.94. The van der Waals surface area contributed by atoms with Crippen molar-refractivity contribution in [2.45, 2.75) is 63.5 Å². The molecule has 0 radical (unpaired) electrons. The lowest BCUT2D eigenvalue weighted by Crippen LogP contribution is -2.42. The summed E-state index contributed by atoms with van der Waals surface area (Å²) in [6.45, 7) is 1.74. The van der Waals surface area contributed by atoms with E-state index in [9.17, 15) is 9.18 Å². The first-order valence-corrected chi connectivity index (χ1v) is 9.94. The molecule has 3 saturated heterocycles. The van der Waals surface area contributed by atoms with Crippen LogP contribution in [-0.2, 0) is 11.2 Å². The number of rotatable bonds is 4. The molecule has 0 aliphatic carbocycles. The maximum atomic E-state index is 13.3. The van der Waals surface area contributed by atoms with Crippen LogP contribution in [0.5, 0.6) is 0 Å². The van der Waals surface area contributed by atoms with Gasteiger partial charge in [-0.2, -0.15) is 0 Å². The van der Waals surface area contributed by atoms with E-state index in [0.717, 1.165) is 44.3 Å². The molecule has 1 amide bonds. The van der Waals surface area contributed by atoms with Gasteiger partial charge in [-0.25, -0.2) is 4.39 Å². The molecule has 144 valence electrons. The number of carbonyl (C=O) groups excluding carboxylic acids is 1. The third-order valence-corrected chi connectivity index (χ3v) is 6.41. The molecule has 1 aromatic rings. The van der Waals surface area contributed by atoms with E-state index in [1.54, 1.807) is 12.1 Å². The molecule has 3 nitrogen and oxygen atoms in total. The van der Waals surface area contributed by atoms with Gasteiger partial charge in [0.25, 0.3) is 0 Å². The van der Waals surface area contributed by atoms with Gasteiger partial charge in [0.05, 0.1) is 0 Å². The number of benzene rings is 1. The predicted molar refractivity (Wildman–Crippen MR) is 104 cm³/mol. The second kappa shape index (κ2) is 8.71. The number of amides is 1. The summed E-state index contributed by atoms with van der Waals surface area (Å²) in [4.78, 5) is 14.7. The molecule has 3 aliphatic rings. The highest BCUT2D eigenvalue weighted by Crippen LogP contribution is 2.33. The topological polar surface area (TPSA) is 32.3 Å². The second-order valence-corrected chi connectivity index (χ2v) is 8.34. The lowest BCUT2D eigenvalue weighted by atomic mass is 9.87. The standard InChI is InChI=1S/C21H29FN2O.ClH/c22-18-3-1-2-16(11-18)10-15-6-8-24(9-7-15)21(25)14-17-12-19-4-5-20(13-17)23-19;/h1-3,11,15,17,19-20,23H,4-10,12-14H2;1H. The fourth-order valence-electron chi connectivity index (χ4n) is 5.10. The molecule has 5 heteroatoms. The molecule has 3 heterocycles. The van der Waals surface area contributed by atoms with Crippen molar-refractivity contribution in [3.8, 4) is 0 Å². The predicted octanol–water partition coefficient (Wildman–Crippen LogP) is 3.95. The van der Waals surface area contributed by atoms with Gasteiger partial charge in [0.2, 0.25) is 5.91 Å². The number of nitrogens with zero attached hydrogens (tertiary/aromatic N) is 1. The minimum absolute atomic E-state index is 0. The molecule has 0 saturated carbocycles. The quantitative estimate of drug-likeness (QED) is 0.857. The summed E-state index contributed by atoms with van der Waals surface area (Å²) in [7, 11) is 0. The third-order valence-electron chi connectivity index (χ3n) is 6.41. The molecule has 2 atom stereocenters. The van der Waals surface area contributed by atoms with Crippen LogP contribution in [0.3, 0.4) is 0 Å². The molecule has 2 bridgehead atoms. The Morgan fingerprint density at radius 1 is 1.08 bits per heavy atom. The summed E-state index contributed by atoms with van der Waals surface area (Å²) in [5.41, 5.74) is 1.08. The Bertz CT molecular complexity index is 606. The van der Waals surface area contributed by atoms with E-state index in [0.29, 0.717) is 29.8 Å². The molecule has 0 aromatic heterocycles. The normalized spacial score (nSPS) is 28.7. The average molecular weight is 381 g/mol. The van der Waals surface area contributed by atoms with Crippen LogP contribution in [0, 0.1) is 17.7 Å². The van der Waals surface area contributed by atoms with Gasteiger partial charge in [0, 0.05) is 31.6 Å². The Kier molecular flexibility index (Phi) is 6.57. The monoisotopic (exact) mass is 380 g/mol. The number of carbonyl (C=O) groups is 1. The number of nitrogens with one attached hydrogen (secondary N) is 1. The molecular weight excluding hydrogens is 351 g/mol. The van der Waals surface area contributed by atoms with Gasteiger partial charge in [0.15, 0.2) is 0 Å². The molecular formula is C21H30ClFN2O. The average Bonchev–Trinajstić information content (AvgIpc) is 2.94. The SMILES string of the molecule is Cl.O=C(CC1CC2CCC(C1)N2)N1CCC(Cc2cccc(F)c2)CC1. The van der Waals surface area contributed by atoms with Crippen molar-refractivity contribution in [2.24, 2.45) is 11.8 Å². The number of hydrogen-bond donors (Lipinski definition) is 1. The molecule has 2 unspecified atom stereocenters. The van der Waals surface area contributed by atoms with Gasteiger partial charge in [0.1, 0.15) is 5.82 Å². The molecule has 3 fully saturated rings. The molecule has 26 heavy (non-hydrogen) atoms. The van der Waals surface area contributed by atoms with E-state index in [2.05, 4.69) is 10.2 Å². The zero-order valence-corrected chi connectivity index (χ0v) is 16.1. The lowest BCUT2D eigenvalue weighted by Gasteiger charge is -2.34. The maximum Gasteiger partial charge on any atom is 0.222 e. The molecule has 0 spiro atoms. The Balaban J connectivity index is 0.00000196. The first kappa shape index (κ1) is 19.6. The van der Waals surface area contributed by atoms with Crippen LogP contribution in [0.2, 0.25) is 0 Å². The van der Waals surface area contributed by atoms with Crippen LogP contribution in [0.4, 0.5) is 4.39 Å². The van der Waals surface area contributed by atoms with Crippen molar-refractivity contribution in [1.29, 1.82) is 0 Å². The highest BCUT2D eigenvalue weighted by atomic mass is 35.5. The number of halogens is 2. The van der Waals surface area contributed by atoms with E-state index < -0.39 is 0 Å². The number of fused-ring (bicyclic) bond motifs is 2. The van der Waals surface area contributed by atoms with E-state index in [-0.39, 0.29) is 18.2 Å². The van der Waals surface area contributed by atoms with E-state index >= 15 is 0 Å². The van der Waals surface area contributed by atoms with Crippen LogP contribution < -0.4 is 5.32 Å². The largest absolute Gasteiger partial charge is 0.343 e. The maximum absolute atomic E-state index is 13.3. The van der Waals surface area contributed by atoms with Crippen LogP contribution in [0.25, 0.3) is 0 Å². The minimum atomic E-state index is -0.152. The van der Waals surface area contributed by atoms with Gasteiger partial charge in [-0.15, -0.1) is 12.4 Å². The Hall–Kier alpha value is -1.13. The van der Waals surface area contributed by atoms with Crippen molar-refractivity contribution in [3.05, 3.63) is 35.6 Å². The van der Waals surface area contributed by atoms with Gasteiger partial charge in [-0.3, -0.25) is 4.79 Å². The first-order chi connectivity index (χ1) is 12.2. The van der Waals surface area contributed by atoms with Crippen molar-refractivity contribution in [2.75, 3.05) is 13.1 Å². The number of likely N-dealkylation sites (tertiary alicyclic amines) is 1. The summed E-state index contributed by atoms with van der Waals surface area (Å²) >= 11 is 0. The Morgan fingerprint density at radius 2 is 1.77 bits per heavy atom. The summed E-state index contributed by atoms with van der Waals surface area (Å²) in [6.07, 6.45) is 8.69. The Labute approximate surface area is 162 Å². The van der Waals surface area contributed by atoms with Gasteiger partial charge in [-0.1, -0.05) is 12.1 Å². The summed E-state index contributed by atoms with van der Waals surface area (Å²) in [5, 5.41) is 3.65.